The predicted octanol–water partition coefficient (Wildman–Crippen LogP) is 1.78. The predicted molar refractivity (Wildman–Crippen MR) is 84.3 cm³/mol. The van der Waals surface area contributed by atoms with E-state index in [0.29, 0.717) is 11.7 Å². The monoisotopic (exact) mass is 292 g/mol. The van der Waals surface area contributed by atoms with Crippen LogP contribution in [-0.4, -0.2) is 49.5 Å². The van der Waals surface area contributed by atoms with E-state index in [1.165, 1.54) is 11.3 Å². The van der Waals surface area contributed by atoms with Crippen LogP contribution in [0.1, 0.15) is 6.42 Å². The molecule has 2 rings (SSSR count). The van der Waals surface area contributed by atoms with Gasteiger partial charge in [0.25, 0.3) is 0 Å². The first-order chi connectivity index (χ1) is 9.69. The number of rotatable bonds is 7. The van der Waals surface area contributed by atoms with E-state index in [2.05, 4.69) is 15.6 Å². The maximum atomic E-state index is 11.9. The summed E-state index contributed by atoms with van der Waals surface area (Å²) in [4.78, 5) is 18.3. The number of para-hydroxylation sites is 1. The van der Waals surface area contributed by atoms with Gasteiger partial charge in [0.15, 0.2) is 5.13 Å². The fraction of sp³-hybridized carbons (Fsp3) is 0.429. The number of carbonyl (C=O) groups excluding carboxylic acids is 1. The first-order valence-corrected chi connectivity index (χ1v) is 7.49. The molecule has 0 atom stereocenters. The molecule has 1 aromatic heterocycles. The minimum absolute atomic E-state index is 0.0176. The first-order valence-electron chi connectivity index (χ1n) is 6.67. The van der Waals surface area contributed by atoms with Crippen LogP contribution in [0.2, 0.25) is 0 Å². The molecular formula is C14H20N4OS. The van der Waals surface area contributed by atoms with Crippen LogP contribution < -0.4 is 10.6 Å². The SMILES string of the molecule is CNCCCN(C)CC(=O)Nc1nc2ccccc2s1. The highest BCUT2D eigenvalue weighted by molar-refractivity contribution is 7.22. The molecule has 1 amide bonds. The van der Waals surface area contributed by atoms with Crippen molar-refractivity contribution >= 4 is 32.6 Å². The number of likely N-dealkylation sites (N-methyl/N-ethyl adjacent to an activating group) is 1. The van der Waals surface area contributed by atoms with Crippen molar-refractivity contribution in [3.05, 3.63) is 24.3 Å². The summed E-state index contributed by atoms with van der Waals surface area (Å²) in [5, 5.41) is 6.63. The number of nitrogens with one attached hydrogen (secondary N) is 2. The normalized spacial score (nSPS) is 11.2. The van der Waals surface area contributed by atoms with E-state index in [1.54, 1.807) is 0 Å². The molecule has 1 heterocycles. The molecule has 0 saturated carbocycles. The maximum Gasteiger partial charge on any atom is 0.240 e. The number of nitrogens with zero attached hydrogens (tertiary/aromatic N) is 2. The second kappa shape index (κ2) is 7.33. The molecule has 6 heteroatoms. The van der Waals surface area contributed by atoms with Crippen LogP contribution in [0.25, 0.3) is 10.2 Å². The minimum atomic E-state index is -0.0176. The van der Waals surface area contributed by atoms with Crippen molar-refractivity contribution in [2.75, 3.05) is 39.0 Å². The average molecular weight is 292 g/mol. The van der Waals surface area contributed by atoms with Gasteiger partial charge in [-0.05, 0) is 45.7 Å². The fourth-order valence-electron chi connectivity index (χ4n) is 1.93. The van der Waals surface area contributed by atoms with E-state index in [4.69, 9.17) is 0 Å². The number of fused-ring (bicyclic) bond motifs is 1. The van der Waals surface area contributed by atoms with E-state index in [9.17, 15) is 4.79 Å². The number of amides is 1. The Hall–Kier alpha value is -1.50. The van der Waals surface area contributed by atoms with Crippen LogP contribution in [0.3, 0.4) is 0 Å². The summed E-state index contributed by atoms with van der Waals surface area (Å²) in [6.07, 6.45) is 1.03. The van der Waals surface area contributed by atoms with Gasteiger partial charge in [-0.15, -0.1) is 0 Å². The standard InChI is InChI=1S/C14H20N4OS/c1-15-8-5-9-18(2)10-13(19)17-14-16-11-6-3-4-7-12(11)20-14/h3-4,6-7,15H,5,8-10H2,1-2H3,(H,16,17,19). The number of hydrogen-bond acceptors (Lipinski definition) is 5. The Morgan fingerprint density at radius 2 is 2.20 bits per heavy atom. The lowest BCUT2D eigenvalue weighted by Crippen LogP contribution is -2.31. The van der Waals surface area contributed by atoms with Crippen LogP contribution in [0.5, 0.6) is 0 Å². The van der Waals surface area contributed by atoms with E-state index >= 15 is 0 Å². The second-order valence-corrected chi connectivity index (χ2v) is 5.76. The van der Waals surface area contributed by atoms with E-state index in [1.807, 2.05) is 43.3 Å². The summed E-state index contributed by atoms with van der Waals surface area (Å²) in [6, 6.07) is 7.88. The van der Waals surface area contributed by atoms with Gasteiger partial charge in [-0.25, -0.2) is 4.98 Å². The van der Waals surface area contributed by atoms with Gasteiger partial charge in [-0.1, -0.05) is 23.5 Å². The minimum Gasteiger partial charge on any atom is -0.320 e. The van der Waals surface area contributed by atoms with Gasteiger partial charge >= 0.3 is 0 Å². The molecule has 5 nitrogen and oxygen atoms in total. The smallest absolute Gasteiger partial charge is 0.240 e. The molecule has 0 aliphatic rings. The lowest BCUT2D eigenvalue weighted by atomic mass is 10.3. The van der Waals surface area contributed by atoms with E-state index in [0.717, 1.165) is 29.7 Å². The molecule has 108 valence electrons. The molecule has 0 aliphatic heterocycles. The molecule has 0 spiro atoms. The summed E-state index contributed by atoms with van der Waals surface area (Å²) in [5.41, 5.74) is 0.926. The van der Waals surface area contributed by atoms with Gasteiger partial charge in [0.05, 0.1) is 16.8 Å². The molecule has 20 heavy (non-hydrogen) atoms. The molecule has 0 fully saturated rings. The lowest BCUT2D eigenvalue weighted by Gasteiger charge is -2.15. The topological polar surface area (TPSA) is 57.3 Å². The van der Waals surface area contributed by atoms with Crippen LogP contribution in [0.4, 0.5) is 5.13 Å². The number of thiazole rings is 1. The van der Waals surface area contributed by atoms with Crippen molar-refractivity contribution in [3.63, 3.8) is 0 Å². The summed E-state index contributed by atoms with van der Waals surface area (Å²) in [7, 11) is 3.88. The van der Waals surface area contributed by atoms with Crippen molar-refractivity contribution in [1.82, 2.24) is 15.2 Å². The molecule has 0 bridgehead atoms. The third-order valence-corrected chi connectivity index (χ3v) is 3.87. The van der Waals surface area contributed by atoms with Gasteiger partial charge in [-0.2, -0.15) is 0 Å². The zero-order valence-corrected chi connectivity index (χ0v) is 12.7. The highest BCUT2D eigenvalue weighted by Gasteiger charge is 2.09. The second-order valence-electron chi connectivity index (χ2n) is 4.73. The third-order valence-electron chi connectivity index (χ3n) is 2.92. The van der Waals surface area contributed by atoms with Gasteiger partial charge in [0.1, 0.15) is 0 Å². The molecular weight excluding hydrogens is 272 g/mol. The quantitative estimate of drug-likeness (QED) is 0.764. The highest BCUT2D eigenvalue weighted by Crippen LogP contribution is 2.25. The maximum absolute atomic E-state index is 11.9. The Morgan fingerprint density at radius 1 is 1.40 bits per heavy atom. The van der Waals surface area contributed by atoms with Crippen LogP contribution in [0.15, 0.2) is 24.3 Å². The van der Waals surface area contributed by atoms with Crippen molar-refractivity contribution in [2.45, 2.75) is 6.42 Å². The Morgan fingerprint density at radius 3 is 2.95 bits per heavy atom. The van der Waals surface area contributed by atoms with Crippen LogP contribution >= 0.6 is 11.3 Å². The van der Waals surface area contributed by atoms with E-state index in [-0.39, 0.29) is 5.91 Å². The van der Waals surface area contributed by atoms with Gasteiger partial charge in [0.2, 0.25) is 5.91 Å². The van der Waals surface area contributed by atoms with Gasteiger partial charge < -0.3 is 10.6 Å². The Kier molecular flexibility index (Phi) is 5.46. The Bertz CT molecular complexity index is 536. The molecule has 0 saturated heterocycles. The lowest BCUT2D eigenvalue weighted by molar-refractivity contribution is -0.117. The zero-order chi connectivity index (χ0) is 14.4. The average Bonchev–Trinajstić information content (AvgIpc) is 2.80. The van der Waals surface area contributed by atoms with Crippen molar-refractivity contribution < 1.29 is 4.79 Å². The number of carbonyl (C=O) groups is 1. The number of anilines is 1. The molecule has 1 aromatic carbocycles. The fourth-order valence-corrected chi connectivity index (χ4v) is 2.82. The Balaban J connectivity index is 1.84. The highest BCUT2D eigenvalue weighted by atomic mass is 32.1. The third kappa shape index (κ3) is 4.26. The summed E-state index contributed by atoms with van der Waals surface area (Å²) >= 11 is 1.50. The number of benzene rings is 1. The molecule has 0 unspecified atom stereocenters. The summed E-state index contributed by atoms with van der Waals surface area (Å²) in [5.74, 6) is -0.0176. The van der Waals surface area contributed by atoms with Crippen LogP contribution in [0, 0.1) is 0 Å². The van der Waals surface area contributed by atoms with Gasteiger partial charge in [-0.3, -0.25) is 9.69 Å². The molecule has 0 aliphatic carbocycles. The van der Waals surface area contributed by atoms with Crippen molar-refractivity contribution in [3.8, 4) is 0 Å². The summed E-state index contributed by atoms with van der Waals surface area (Å²) < 4.78 is 1.09. The zero-order valence-electron chi connectivity index (χ0n) is 11.8. The molecule has 2 aromatic rings. The van der Waals surface area contributed by atoms with Crippen LogP contribution in [-0.2, 0) is 4.79 Å². The van der Waals surface area contributed by atoms with E-state index < -0.39 is 0 Å². The largest absolute Gasteiger partial charge is 0.320 e. The number of aromatic nitrogens is 1. The number of hydrogen-bond donors (Lipinski definition) is 2. The van der Waals surface area contributed by atoms with Crippen molar-refractivity contribution in [1.29, 1.82) is 0 Å². The summed E-state index contributed by atoms with van der Waals surface area (Å²) in [6.45, 7) is 2.25. The first kappa shape index (κ1) is 14.9. The van der Waals surface area contributed by atoms with Crippen molar-refractivity contribution in [2.24, 2.45) is 0 Å². The molecule has 0 radical (unpaired) electrons. The Labute approximate surface area is 123 Å². The molecule has 2 N–H and O–H groups in total. The van der Waals surface area contributed by atoms with Gasteiger partial charge in [0, 0.05) is 0 Å².